The van der Waals surface area contributed by atoms with Gasteiger partial charge in [-0.3, -0.25) is 9.59 Å². The highest BCUT2D eigenvalue weighted by Crippen LogP contribution is 2.14. The molecule has 2 aromatic rings. The number of aryl methyl sites for hydroxylation is 1. The molecule has 0 aliphatic rings. The summed E-state index contributed by atoms with van der Waals surface area (Å²) in [5, 5.41) is 6.59. The molecule has 0 aliphatic heterocycles. The third-order valence-corrected chi connectivity index (χ3v) is 4.08. The molecular formula is C21H26N4O2. The summed E-state index contributed by atoms with van der Waals surface area (Å²) in [6, 6.07) is 15.3. The second kappa shape index (κ2) is 10.1. The molecule has 0 atom stereocenters. The first-order chi connectivity index (χ1) is 13.0. The lowest BCUT2D eigenvalue weighted by molar-refractivity contribution is -0.126. The lowest BCUT2D eigenvalue weighted by Crippen LogP contribution is -2.24. The van der Waals surface area contributed by atoms with E-state index in [9.17, 15) is 9.59 Å². The zero-order valence-corrected chi connectivity index (χ0v) is 16.0. The van der Waals surface area contributed by atoms with E-state index >= 15 is 0 Å². The van der Waals surface area contributed by atoms with Crippen LogP contribution in [0, 0.1) is 6.92 Å². The molecule has 2 rings (SSSR count). The van der Waals surface area contributed by atoms with E-state index in [4.69, 9.17) is 0 Å². The maximum atomic E-state index is 11.9. The largest absolute Gasteiger partial charge is 0.372 e. The molecular weight excluding hydrogens is 340 g/mol. The van der Waals surface area contributed by atoms with Gasteiger partial charge in [-0.15, -0.1) is 0 Å². The summed E-state index contributed by atoms with van der Waals surface area (Å²) in [4.78, 5) is 25.9. The van der Waals surface area contributed by atoms with Gasteiger partial charge in [-0.2, -0.15) is 5.10 Å². The Balaban J connectivity index is 1.80. The highest BCUT2D eigenvalue weighted by Gasteiger charge is 2.08. The Labute approximate surface area is 160 Å². The first-order valence-corrected chi connectivity index (χ1v) is 9.05. The summed E-state index contributed by atoms with van der Waals surface area (Å²) in [7, 11) is 0. The predicted octanol–water partition coefficient (Wildman–Crippen LogP) is 3.32. The van der Waals surface area contributed by atoms with Crippen LogP contribution >= 0.6 is 0 Å². The second-order valence-electron chi connectivity index (χ2n) is 6.15. The molecule has 2 aromatic carbocycles. The zero-order valence-electron chi connectivity index (χ0n) is 16.0. The summed E-state index contributed by atoms with van der Waals surface area (Å²) in [6.45, 7) is 8.09. The molecule has 0 fully saturated rings. The van der Waals surface area contributed by atoms with Crippen LogP contribution in [0.25, 0.3) is 0 Å². The fourth-order valence-corrected chi connectivity index (χ4v) is 2.57. The Morgan fingerprint density at radius 1 is 0.963 bits per heavy atom. The number of hydrazone groups is 1. The molecule has 0 heterocycles. The topological polar surface area (TPSA) is 73.8 Å². The molecule has 0 radical (unpaired) electrons. The van der Waals surface area contributed by atoms with Crippen LogP contribution in [0.15, 0.2) is 53.6 Å². The van der Waals surface area contributed by atoms with E-state index in [0.29, 0.717) is 5.69 Å². The van der Waals surface area contributed by atoms with Crippen molar-refractivity contribution < 1.29 is 9.59 Å². The summed E-state index contributed by atoms with van der Waals surface area (Å²) >= 11 is 0. The second-order valence-corrected chi connectivity index (χ2v) is 6.15. The maximum Gasteiger partial charge on any atom is 0.249 e. The first kappa shape index (κ1) is 20.2. The molecule has 2 amide bonds. The van der Waals surface area contributed by atoms with Gasteiger partial charge in [-0.25, -0.2) is 5.43 Å². The molecule has 2 N–H and O–H groups in total. The van der Waals surface area contributed by atoms with Crippen LogP contribution in [0.4, 0.5) is 11.4 Å². The SMILES string of the molecule is CCN(CC)c1ccc(C=NNC(=O)CC(=O)Nc2ccc(C)cc2)cc1. The number of hydrogen-bond acceptors (Lipinski definition) is 4. The number of nitrogens with one attached hydrogen (secondary N) is 2. The van der Waals surface area contributed by atoms with Crippen molar-refractivity contribution in [1.82, 2.24) is 5.43 Å². The minimum absolute atomic E-state index is 0.286. The van der Waals surface area contributed by atoms with Gasteiger partial charge in [-0.1, -0.05) is 29.8 Å². The van der Waals surface area contributed by atoms with E-state index < -0.39 is 5.91 Å². The summed E-state index contributed by atoms with van der Waals surface area (Å²) in [5.74, 6) is -0.842. The molecule has 0 unspecified atom stereocenters. The third kappa shape index (κ3) is 6.58. The van der Waals surface area contributed by atoms with Crippen molar-refractivity contribution in [1.29, 1.82) is 0 Å². The standard InChI is InChI=1S/C21H26N4O2/c1-4-25(5-2)19-12-8-17(9-13-19)15-22-24-21(27)14-20(26)23-18-10-6-16(3)7-11-18/h6-13,15H,4-5,14H2,1-3H3,(H,23,26)(H,24,27). The number of rotatable bonds is 8. The third-order valence-electron chi connectivity index (χ3n) is 4.08. The number of amides is 2. The summed E-state index contributed by atoms with van der Waals surface area (Å²) in [5.41, 5.74) is 6.16. The number of anilines is 2. The van der Waals surface area contributed by atoms with Crippen molar-refractivity contribution in [3.05, 3.63) is 59.7 Å². The Morgan fingerprint density at radius 3 is 2.19 bits per heavy atom. The molecule has 27 heavy (non-hydrogen) atoms. The minimum atomic E-state index is -0.462. The molecule has 142 valence electrons. The van der Waals surface area contributed by atoms with Crippen molar-refractivity contribution in [2.75, 3.05) is 23.3 Å². The predicted molar refractivity (Wildman–Crippen MR) is 110 cm³/mol. The van der Waals surface area contributed by atoms with Crippen LogP contribution in [0.2, 0.25) is 0 Å². The monoisotopic (exact) mass is 366 g/mol. The van der Waals surface area contributed by atoms with Gasteiger partial charge in [0.15, 0.2) is 0 Å². The van der Waals surface area contributed by atoms with Crippen molar-refractivity contribution in [3.63, 3.8) is 0 Å². The van der Waals surface area contributed by atoms with Crippen molar-refractivity contribution >= 4 is 29.4 Å². The van der Waals surface area contributed by atoms with Crippen molar-refractivity contribution in [2.24, 2.45) is 5.10 Å². The number of hydrogen-bond donors (Lipinski definition) is 2. The molecule has 6 heteroatoms. The van der Waals surface area contributed by atoms with Crippen LogP contribution in [-0.2, 0) is 9.59 Å². The summed E-state index contributed by atoms with van der Waals surface area (Å²) in [6.07, 6.45) is 1.27. The normalized spacial score (nSPS) is 10.6. The van der Waals surface area contributed by atoms with Crippen LogP contribution in [0.5, 0.6) is 0 Å². The molecule has 0 bridgehead atoms. The highest BCUT2D eigenvalue weighted by atomic mass is 16.2. The number of carbonyl (C=O) groups is 2. The Bertz CT molecular complexity index is 779. The van der Waals surface area contributed by atoms with E-state index in [2.05, 4.69) is 34.6 Å². The van der Waals surface area contributed by atoms with E-state index in [0.717, 1.165) is 29.9 Å². The van der Waals surface area contributed by atoms with Crippen LogP contribution in [0.3, 0.4) is 0 Å². The Morgan fingerprint density at radius 2 is 1.59 bits per heavy atom. The van der Waals surface area contributed by atoms with Crippen LogP contribution in [-0.4, -0.2) is 31.1 Å². The fourth-order valence-electron chi connectivity index (χ4n) is 2.57. The van der Waals surface area contributed by atoms with Gasteiger partial charge in [0.1, 0.15) is 6.42 Å². The lowest BCUT2D eigenvalue weighted by atomic mass is 10.2. The van der Waals surface area contributed by atoms with Gasteiger partial charge >= 0.3 is 0 Å². The molecule has 0 saturated carbocycles. The van der Waals surface area contributed by atoms with Gasteiger partial charge in [-0.05, 0) is 50.6 Å². The Hall–Kier alpha value is -3.15. The van der Waals surface area contributed by atoms with Gasteiger partial charge in [0.25, 0.3) is 0 Å². The number of nitrogens with zero attached hydrogens (tertiary/aromatic N) is 2. The van der Waals surface area contributed by atoms with E-state index in [1.165, 1.54) is 0 Å². The molecule has 6 nitrogen and oxygen atoms in total. The first-order valence-electron chi connectivity index (χ1n) is 9.05. The van der Waals surface area contributed by atoms with Gasteiger partial charge in [0.05, 0.1) is 6.21 Å². The quantitative estimate of drug-likeness (QED) is 0.428. The smallest absolute Gasteiger partial charge is 0.249 e. The molecule has 0 aromatic heterocycles. The fraction of sp³-hybridized carbons (Fsp3) is 0.286. The van der Waals surface area contributed by atoms with Gasteiger partial charge in [0.2, 0.25) is 11.8 Å². The van der Waals surface area contributed by atoms with Crippen molar-refractivity contribution in [3.8, 4) is 0 Å². The Kier molecular flexibility index (Phi) is 7.55. The molecule has 0 saturated heterocycles. The zero-order chi connectivity index (χ0) is 19.6. The van der Waals surface area contributed by atoms with Gasteiger partial charge < -0.3 is 10.2 Å². The lowest BCUT2D eigenvalue weighted by Gasteiger charge is -2.20. The average Bonchev–Trinajstić information content (AvgIpc) is 2.66. The van der Waals surface area contributed by atoms with Crippen molar-refractivity contribution in [2.45, 2.75) is 27.2 Å². The molecule has 0 aliphatic carbocycles. The minimum Gasteiger partial charge on any atom is -0.372 e. The number of benzene rings is 2. The van der Waals surface area contributed by atoms with E-state index in [1.54, 1.807) is 18.3 Å². The van der Waals surface area contributed by atoms with E-state index in [1.807, 2.05) is 43.3 Å². The number of carbonyl (C=O) groups excluding carboxylic acids is 2. The maximum absolute atomic E-state index is 11.9. The molecule has 0 spiro atoms. The van der Waals surface area contributed by atoms with Crippen LogP contribution < -0.4 is 15.6 Å². The summed E-state index contributed by atoms with van der Waals surface area (Å²) < 4.78 is 0. The van der Waals surface area contributed by atoms with Crippen LogP contribution in [0.1, 0.15) is 31.4 Å². The highest BCUT2D eigenvalue weighted by molar-refractivity contribution is 6.03. The average molecular weight is 366 g/mol. The van der Waals surface area contributed by atoms with E-state index in [-0.39, 0.29) is 12.3 Å². The van der Waals surface area contributed by atoms with Gasteiger partial charge in [0, 0.05) is 24.5 Å².